The summed E-state index contributed by atoms with van der Waals surface area (Å²) in [4.78, 5) is 10.5. The lowest BCUT2D eigenvalue weighted by Crippen LogP contribution is -2.48. The molecule has 2 unspecified atom stereocenters. The molecule has 0 amide bonds. The first kappa shape index (κ1) is 21.6. The van der Waals surface area contributed by atoms with Crippen molar-refractivity contribution in [3.63, 3.8) is 0 Å². The van der Waals surface area contributed by atoms with Gasteiger partial charge in [-0.25, -0.2) is 0 Å². The maximum absolute atomic E-state index is 6.15. The zero-order valence-electron chi connectivity index (χ0n) is 17.6. The summed E-state index contributed by atoms with van der Waals surface area (Å²) in [6, 6.07) is 4.68. The van der Waals surface area contributed by atoms with Gasteiger partial charge < -0.3 is 24.6 Å². The van der Waals surface area contributed by atoms with Crippen LogP contribution >= 0.6 is 11.3 Å². The summed E-state index contributed by atoms with van der Waals surface area (Å²) in [6.07, 6.45) is 6.37. The monoisotopic (exact) mass is 408 g/mol. The van der Waals surface area contributed by atoms with Crippen LogP contribution < -0.4 is 5.32 Å². The Bertz CT molecular complexity index is 579. The SMILES string of the molecule is CN=C(NCC(c1cccs1)N(C)C)N1CCC(OCC2CCCCO2)CC1. The van der Waals surface area contributed by atoms with Crippen molar-refractivity contribution in [2.45, 2.75) is 50.4 Å². The van der Waals surface area contributed by atoms with E-state index in [0.717, 1.165) is 58.1 Å². The standard InChI is InChI=1S/C21H36N4O2S/c1-22-21(23-15-19(24(2)3)20-8-6-14-28-20)25-11-9-17(10-12-25)27-16-18-7-4-5-13-26-18/h6,8,14,17-19H,4-5,7,9-13,15-16H2,1-3H3,(H,22,23). The summed E-state index contributed by atoms with van der Waals surface area (Å²) in [7, 11) is 6.14. The Morgan fingerprint density at radius 1 is 1.36 bits per heavy atom. The number of hydrogen-bond donors (Lipinski definition) is 1. The minimum atomic E-state index is 0.307. The van der Waals surface area contributed by atoms with Crippen LogP contribution in [0.5, 0.6) is 0 Å². The Labute approximate surface area is 173 Å². The second-order valence-corrected chi connectivity index (χ2v) is 8.91. The molecule has 1 aromatic heterocycles. The van der Waals surface area contributed by atoms with E-state index in [-0.39, 0.29) is 0 Å². The molecule has 0 bridgehead atoms. The van der Waals surface area contributed by atoms with Gasteiger partial charge in [0, 0.05) is 38.2 Å². The van der Waals surface area contributed by atoms with E-state index in [4.69, 9.17) is 9.47 Å². The van der Waals surface area contributed by atoms with Crippen LogP contribution in [0.3, 0.4) is 0 Å². The lowest BCUT2D eigenvalue weighted by Gasteiger charge is -2.35. The van der Waals surface area contributed by atoms with Gasteiger partial charge >= 0.3 is 0 Å². The number of likely N-dealkylation sites (tertiary alicyclic amines) is 1. The normalized spacial score (nSPS) is 23.2. The van der Waals surface area contributed by atoms with Crippen LogP contribution in [0.1, 0.15) is 43.0 Å². The van der Waals surface area contributed by atoms with Gasteiger partial charge in [-0.05, 0) is 57.6 Å². The molecule has 0 radical (unpaired) electrons. The zero-order valence-corrected chi connectivity index (χ0v) is 18.4. The maximum atomic E-state index is 6.15. The van der Waals surface area contributed by atoms with E-state index in [1.807, 2.05) is 18.4 Å². The first-order valence-corrected chi connectivity index (χ1v) is 11.4. The van der Waals surface area contributed by atoms with Crippen molar-refractivity contribution in [1.29, 1.82) is 0 Å². The van der Waals surface area contributed by atoms with E-state index in [9.17, 15) is 0 Å². The van der Waals surface area contributed by atoms with Gasteiger partial charge in [-0.1, -0.05) is 6.07 Å². The average molecular weight is 409 g/mol. The minimum absolute atomic E-state index is 0.307. The molecule has 0 saturated carbocycles. The highest BCUT2D eigenvalue weighted by Gasteiger charge is 2.24. The molecule has 3 rings (SSSR count). The maximum Gasteiger partial charge on any atom is 0.193 e. The van der Waals surface area contributed by atoms with Gasteiger partial charge in [0.05, 0.1) is 24.9 Å². The number of ether oxygens (including phenoxy) is 2. The second-order valence-electron chi connectivity index (χ2n) is 7.93. The summed E-state index contributed by atoms with van der Waals surface area (Å²) in [5, 5.41) is 5.73. The number of hydrogen-bond acceptors (Lipinski definition) is 5. The van der Waals surface area contributed by atoms with Crippen LogP contribution in [-0.4, -0.2) is 82.0 Å². The van der Waals surface area contributed by atoms with Gasteiger partial charge in [0.15, 0.2) is 5.96 Å². The Hall–Kier alpha value is -1.15. The van der Waals surface area contributed by atoms with Gasteiger partial charge in [0.2, 0.25) is 0 Å². The molecule has 0 spiro atoms. The number of thiophene rings is 1. The topological polar surface area (TPSA) is 49.3 Å². The van der Waals surface area contributed by atoms with E-state index in [1.165, 1.54) is 17.7 Å². The third-order valence-corrected chi connectivity index (χ3v) is 6.67. The van der Waals surface area contributed by atoms with Gasteiger partial charge in [-0.15, -0.1) is 11.3 Å². The van der Waals surface area contributed by atoms with Crippen LogP contribution in [0, 0.1) is 0 Å². The average Bonchev–Trinajstić information content (AvgIpc) is 3.25. The Morgan fingerprint density at radius 2 is 2.18 bits per heavy atom. The number of aliphatic imine (C=N–C) groups is 1. The lowest BCUT2D eigenvalue weighted by molar-refractivity contribution is -0.0721. The predicted octanol–water partition coefficient (Wildman–Crippen LogP) is 2.98. The third kappa shape index (κ3) is 6.17. The van der Waals surface area contributed by atoms with E-state index >= 15 is 0 Å². The second kappa shape index (κ2) is 11.1. The van der Waals surface area contributed by atoms with E-state index < -0.39 is 0 Å². The summed E-state index contributed by atoms with van der Waals surface area (Å²) in [5.41, 5.74) is 0. The van der Waals surface area contributed by atoms with Crippen LogP contribution in [0.25, 0.3) is 0 Å². The number of likely N-dealkylation sites (N-methyl/N-ethyl adjacent to an activating group) is 1. The third-order valence-electron chi connectivity index (χ3n) is 5.69. The number of guanidine groups is 1. The fraction of sp³-hybridized carbons (Fsp3) is 0.762. The van der Waals surface area contributed by atoms with Crippen molar-refractivity contribution in [2.24, 2.45) is 4.99 Å². The zero-order chi connectivity index (χ0) is 19.8. The van der Waals surface area contributed by atoms with Gasteiger partial charge in [0.1, 0.15) is 0 Å². The fourth-order valence-corrected chi connectivity index (χ4v) is 4.88. The van der Waals surface area contributed by atoms with Crippen molar-refractivity contribution in [3.8, 4) is 0 Å². The highest BCUT2D eigenvalue weighted by molar-refractivity contribution is 7.10. The quantitative estimate of drug-likeness (QED) is 0.555. The lowest BCUT2D eigenvalue weighted by atomic mass is 10.1. The van der Waals surface area contributed by atoms with Crippen molar-refractivity contribution < 1.29 is 9.47 Å². The van der Waals surface area contributed by atoms with Crippen LogP contribution in [0.15, 0.2) is 22.5 Å². The molecule has 3 heterocycles. The molecule has 2 saturated heterocycles. The summed E-state index contributed by atoms with van der Waals surface area (Å²) in [5.74, 6) is 0.998. The number of nitrogens with one attached hydrogen (secondary N) is 1. The van der Waals surface area contributed by atoms with E-state index in [2.05, 4.69) is 51.7 Å². The summed E-state index contributed by atoms with van der Waals surface area (Å²) >= 11 is 1.81. The van der Waals surface area contributed by atoms with Gasteiger partial charge in [0.25, 0.3) is 0 Å². The molecule has 1 N–H and O–H groups in total. The minimum Gasteiger partial charge on any atom is -0.376 e. The predicted molar refractivity (Wildman–Crippen MR) is 116 cm³/mol. The molecule has 7 heteroatoms. The van der Waals surface area contributed by atoms with Crippen molar-refractivity contribution in [3.05, 3.63) is 22.4 Å². The number of nitrogens with zero attached hydrogens (tertiary/aromatic N) is 3. The molecule has 158 valence electrons. The Balaban J connectivity index is 1.41. The summed E-state index contributed by atoms with van der Waals surface area (Å²) < 4.78 is 11.9. The molecule has 28 heavy (non-hydrogen) atoms. The first-order chi connectivity index (χ1) is 13.7. The molecule has 1 aromatic rings. The Kier molecular flexibility index (Phi) is 8.58. The van der Waals surface area contributed by atoms with Crippen LogP contribution in [0.2, 0.25) is 0 Å². The molecule has 6 nitrogen and oxygen atoms in total. The highest BCUT2D eigenvalue weighted by atomic mass is 32.1. The molecule has 0 aliphatic carbocycles. The number of piperidine rings is 1. The van der Waals surface area contributed by atoms with Gasteiger partial charge in [-0.2, -0.15) is 0 Å². The van der Waals surface area contributed by atoms with Gasteiger partial charge in [-0.3, -0.25) is 4.99 Å². The van der Waals surface area contributed by atoms with Crippen molar-refractivity contribution in [1.82, 2.24) is 15.1 Å². The molecular weight excluding hydrogens is 372 g/mol. The van der Waals surface area contributed by atoms with Crippen molar-refractivity contribution in [2.75, 3.05) is 54.0 Å². The van der Waals surface area contributed by atoms with Crippen molar-refractivity contribution >= 4 is 17.3 Å². The molecule has 2 fully saturated rings. The highest BCUT2D eigenvalue weighted by Crippen LogP contribution is 2.23. The largest absolute Gasteiger partial charge is 0.376 e. The fourth-order valence-electron chi connectivity index (χ4n) is 3.96. The van der Waals surface area contributed by atoms with E-state index in [1.54, 1.807) is 0 Å². The first-order valence-electron chi connectivity index (χ1n) is 10.6. The molecular formula is C21H36N4O2S. The Morgan fingerprint density at radius 3 is 2.79 bits per heavy atom. The molecule has 2 aliphatic rings. The molecule has 0 aromatic carbocycles. The van der Waals surface area contributed by atoms with Crippen LogP contribution in [0.4, 0.5) is 0 Å². The summed E-state index contributed by atoms with van der Waals surface area (Å²) in [6.45, 7) is 4.48. The molecule has 2 atom stereocenters. The molecule has 2 aliphatic heterocycles. The van der Waals surface area contributed by atoms with Crippen LogP contribution in [-0.2, 0) is 9.47 Å². The smallest absolute Gasteiger partial charge is 0.193 e. The van der Waals surface area contributed by atoms with E-state index in [0.29, 0.717) is 18.2 Å². The number of rotatable bonds is 7.